The molecule has 3 amide bonds. The zero-order valence-corrected chi connectivity index (χ0v) is 11.7. The molecule has 110 valence electrons. The molecule has 2 heterocycles. The average Bonchev–Trinajstić information content (AvgIpc) is 3.06. The number of cyclic esters (lactones) is 1. The fraction of sp³-hybridized carbons (Fsp3) is 0.400. The largest absolute Gasteiger partial charge is 0.439 e. The lowest BCUT2D eigenvalue weighted by molar-refractivity contribution is -0.127. The van der Waals surface area contributed by atoms with Crippen LogP contribution in [0.5, 0.6) is 0 Å². The van der Waals surface area contributed by atoms with Crippen molar-refractivity contribution in [3.05, 3.63) is 35.4 Å². The molecular weight excluding hydrogens is 272 g/mol. The van der Waals surface area contributed by atoms with Gasteiger partial charge in [0.1, 0.15) is 0 Å². The van der Waals surface area contributed by atoms with Gasteiger partial charge in [0.25, 0.3) is 11.8 Å². The van der Waals surface area contributed by atoms with E-state index < -0.39 is 6.09 Å². The van der Waals surface area contributed by atoms with Gasteiger partial charge in [-0.3, -0.25) is 9.59 Å². The highest BCUT2D eigenvalue weighted by molar-refractivity contribution is 5.99. The van der Waals surface area contributed by atoms with Crippen molar-refractivity contribution in [1.29, 1.82) is 0 Å². The Morgan fingerprint density at radius 3 is 2.71 bits per heavy atom. The standard InChI is InChI=1S/C15H16N2O4/c1-10-4-2-3-5-12(10)14(19)16-7-6-11(8-16)17-13(18)9-21-15(17)20/h2-5,11H,6-9H2,1H3. The Labute approximate surface area is 122 Å². The number of ether oxygens (including phenoxy) is 1. The van der Waals surface area contributed by atoms with E-state index in [1.54, 1.807) is 11.0 Å². The summed E-state index contributed by atoms with van der Waals surface area (Å²) in [6.45, 7) is 2.60. The number of likely N-dealkylation sites (tertiary alicyclic amines) is 1. The van der Waals surface area contributed by atoms with Gasteiger partial charge in [0.15, 0.2) is 6.61 Å². The molecule has 6 nitrogen and oxygen atoms in total. The fourth-order valence-corrected chi connectivity index (χ4v) is 2.84. The molecule has 2 aliphatic heterocycles. The lowest BCUT2D eigenvalue weighted by Crippen LogP contribution is -2.42. The van der Waals surface area contributed by atoms with Crippen molar-refractivity contribution in [3.8, 4) is 0 Å². The van der Waals surface area contributed by atoms with Crippen LogP contribution in [0.1, 0.15) is 22.3 Å². The van der Waals surface area contributed by atoms with Crippen LogP contribution in [0.4, 0.5) is 4.79 Å². The first-order valence-corrected chi connectivity index (χ1v) is 6.91. The molecule has 2 aliphatic rings. The normalized spacial score (nSPS) is 21.9. The average molecular weight is 288 g/mol. The van der Waals surface area contributed by atoms with Crippen LogP contribution in [0, 0.1) is 6.92 Å². The van der Waals surface area contributed by atoms with Gasteiger partial charge in [0, 0.05) is 18.7 Å². The maximum absolute atomic E-state index is 12.5. The second-order valence-electron chi connectivity index (χ2n) is 5.33. The number of hydrogen-bond donors (Lipinski definition) is 0. The van der Waals surface area contributed by atoms with Crippen molar-refractivity contribution in [3.63, 3.8) is 0 Å². The van der Waals surface area contributed by atoms with Gasteiger partial charge in [-0.05, 0) is 25.0 Å². The molecule has 1 atom stereocenters. The smallest absolute Gasteiger partial charge is 0.417 e. The number of rotatable bonds is 2. The van der Waals surface area contributed by atoms with E-state index in [4.69, 9.17) is 4.74 Å². The third-order valence-electron chi connectivity index (χ3n) is 3.98. The monoisotopic (exact) mass is 288 g/mol. The minimum absolute atomic E-state index is 0.0596. The quantitative estimate of drug-likeness (QED) is 0.820. The molecule has 0 saturated carbocycles. The molecule has 2 fully saturated rings. The highest BCUT2D eigenvalue weighted by Crippen LogP contribution is 2.22. The van der Waals surface area contributed by atoms with Crippen LogP contribution in [-0.4, -0.2) is 53.4 Å². The van der Waals surface area contributed by atoms with Crippen LogP contribution >= 0.6 is 0 Å². The lowest BCUT2D eigenvalue weighted by Gasteiger charge is -2.21. The highest BCUT2D eigenvalue weighted by atomic mass is 16.6. The van der Waals surface area contributed by atoms with E-state index in [1.165, 1.54) is 0 Å². The molecule has 21 heavy (non-hydrogen) atoms. The van der Waals surface area contributed by atoms with E-state index >= 15 is 0 Å². The SMILES string of the molecule is Cc1ccccc1C(=O)N1CCC(N2C(=O)COC2=O)C1. The van der Waals surface area contributed by atoms with Crippen molar-refractivity contribution in [2.75, 3.05) is 19.7 Å². The predicted molar refractivity (Wildman–Crippen MR) is 73.7 cm³/mol. The maximum Gasteiger partial charge on any atom is 0.417 e. The van der Waals surface area contributed by atoms with Gasteiger partial charge in [0.05, 0.1) is 6.04 Å². The summed E-state index contributed by atoms with van der Waals surface area (Å²) in [6, 6.07) is 7.12. The van der Waals surface area contributed by atoms with Gasteiger partial charge in [-0.25, -0.2) is 9.69 Å². The Bertz CT molecular complexity index is 597. The van der Waals surface area contributed by atoms with E-state index in [9.17, 15) is 14.4 Å². The summed E-state index contributed by atoms with van der Waals surface area (Å²) in [6.07, 6.45) is -0.00598. The van der Waals surface area contributed by atoms with E-state index in [0.29, 0.717) is 25.1 Å². The molecule has 0 bridgehead atoms. The molecule has 3 rings (SSSR count). The number of carbonyl (C=O) groups is 3. The summed E-state index contributed by atoms with van der Waals surface area (Å²) in [4.78, 5) is 38.5. The molecule has 0 N–H and O–H groups in total. The molecule has 0 spiro atoms. The van der Waals surface area contributed by atoms with Gasteiger partial charge in [-0.1, -0.05) is 18.2 Å². The van der Waals surface area contributed by atoms with Crippen LogP contribution in [0.3, 0.4) is 0 Å². The Hall–Kier alpha value is -2.37. The first kappa shape index (κ1) is 13.6. The van der Waals surface area contributed by atoms with Crippen molar-refractivity contribution < 1.29 is 19.1 Å². The summed E-state index contributed by atoms with van der Waals surface area (Å²) in [5.41, 5.74) is 1.58. The molecule has 6 heteroatoms. The van der Waals surface area contributed by atoms with E-state index in [-0.39, 0.29) is 24.5 Å². The van der Waals surface area contributed by atoms with Gasteiger partial charge in [-0.2, -0.15) is 0 Å². The van der Waals surface area contributed by atoms with E-state index in [0.717, 1.165) is 10.5 Å². The van der Waals surface area contributed by atoms with Gasteiger partial charge < -0.3 is 9.64 Å². The summed E-state index contributed by atoms with van der Waals surface area (Å²) in [5, 5.41) is 0. The van der Waals surface area contributed by atoms with Crippen molar-refractivity contribution in [2.24, 2.45) is 0 Å². The molecule has 1 aromatic rings. The summed E-state index contributed by atoms with van der Waals surface area (Å²) >= 11 is 0. The second-order valence-corrected chi connectivity index (χ2v) is 5.33. The molecule has 1 unspecified atom stereocenters. The molecular formula is C15H16N2O4. The van der Waals surface area contributed by atoms with E-state index in [2.05, 4.69) is 0 Å². The van der Waals surface area contributed by atoms with Crippen LogP contribution < -0.4 is 0 Å². The lowest BCUT2D eigenvalue weighted by atomic mass is 10.1. The first-order valence-electron chi connectivity index (χ1n) is 6.91. The molecule has 0 aromatic heterocycles. The van der Waals surface area contributed by atoms with Gasteiger partial charge in [0.2, 0.25) is 0 Å². The Kier molecular flexibility index (Phi) is 3.37. The molecule has 0 radical (unpaired) electrons. The third-order valence-corrected chi connectivity index (χ3v) is 3.98. The van der Waals surface area contributed by atoms with Crippen LogP contribution in [0.2, 0.25) is 0 Å². The number of amides is 3. The third kappa shape index (κ3) is 2.37. The number of benzene rings is 1. The van der Waals surface area contributed by atoms with Crippen molar-refractivity contribution in [1.82, 2.24) is 9.80 Å². The summed E-state index contributed by atoms with van der Waals surface area (Å²) < 4.78 is 4.72. The minimum atomic E-state index is -0.602. The van der Waals surface area contributed by atoms with Crippen molar-refractivity contribution >= 4 is 17.9 Å². The Morgan fingerprint density at radius 2 is 2.05 bits per heavy atom. The molecule has 1 aromatic carbocycles. The van der Waals surface area contributed by atoms with Crippen molar-refractivity contribution in [2.45, 2.75) is 19.4 Å². The van der Waals surface area contributed by atoms with Crippen LogP contribution in [0.15, 0.2) is 24.3 Å². The number of nitrogens with zero attached hydrogens (tertiary/aromatic N) is 2. The van der Waals surface area contributed by atoms with Crippen LogP contribution in [0.25, 0.3) is 0 Å². The number of carbonyl (C=O) groups excluding carboxylic acids is 3. The fourth-order valence-electron chi connectivity index (χ4n) is 2.84. The van der Waals surface area contributed by atoms with Gasteiger partial charge >= 0.3 is 6.09 Å². The number of aryl methyl sites for hydroxylation is 1. The first-order chi connectivity index (χ1) is 10.1. The van der Waals surface area contributed by atoms with E-state index in [1.807, 2.05) is 25.1 Å². The van der Waals surface area contributed by atoms with Gasteiger partial charge in [-0.15, -0.1) is 0 Å². The topological polar surface area (TPSA) is 66.9 Å². The zero-order valence-electron chi connectivity index (χ0n) is 11.7. The number of hydrogen-bond acceptors (Lipinski definition) is 4. The van der Waals surface area contributed by atoms with Crippen LogP contribution in [-0.2, 0) is 9.53 Å². The molecule has 0 aliphatic carbocycles. The molecule has 2 saturated heterocycles. The minimum Gasteiger partial charge on any atom is -0.439 e. The second kappa shape index (κ2) is 5.20. The Balaban J connectivity index is 1.73. The zero-order chi connectivity index (χ0) is 15.0. The maximum atomic E-state index is 12.5. The number of imide groups is 1. The summed E-state index contributed by atoms with van der Waals surface area (Å²) in [7, 11) is 0. The predicted octanol–water partition coefficient (Wildman–Crippen LogP) is 1.19. The summed E-state index contributed by atoms with van der Waals surface area (Å²) in [5.74, 6) is -0.384. The highest BCUT2D eigenvalue weighted by Gasteiger charge is 2.41. The Morgan fingerprint density at radius 1 is 1.29 bits per heavy atom.